The van der Waals surface area contributed by atoms with E-state index in [4.69, 9.17) is 21.1 Å². The molecular weight excluding hydrogens is 512 g/mol. The molecule has 7 heteroatoms. The van der Waals surface area contributed by atoms with E-state index < -0.39 is 5.41 Å². The number of piperidine rings is 1. The summed E-state index contributed by atoms with van der Waals surface area (Å²) in [7, 11) is 3.45. The third-order valence-electron chi connectivity index (χ3n) is 7.35. The fraction of sp³-hybridized carbons (Fsp3) is 0.375. The Morgan fingerprint density at radius 2 is 1.85 bits per heavy atom. The summed E-state index contributed by atoms with van der Waals surface area (Å²) in [6.07, 6.45) is 2.12. The first-order valence-electron chi connectivity index (χ1n) is 13.3. The molecule has 2 amide bonds. The van der Waals surface area contributed by atoms with Crippen LogP contribution in [0.25, 0.3) is 0 Å². The highest BCUT2D eigenvalue weighted by Crippen LogP contribution is 2.36. The lowest BCUT2D eigenvalue weighted by Crippen LogP contribution is -2.51. The minimum atomic E-state index is -0.519. The third kappa shape index (κ3) is 7.76. The van der Waals surface area contributed by atoms with Crippen molar-refractivity contribution in [3.8, 4) is 11.5 Å². The van der Waals surface area contributed by atoms with Gasteiger partial charge in [-0.3, -0.25) is 9.59 Å². The highest BCUT2D eigenvalue weighted by atomic mass is 35.5. The highest BCUT2D eigenvalue weighted by molar-refractivity contribution is 6.30. The van der Waals surface area contributed by atoms with Crippen molar-refractivity contribution in [2.75, 3.05) is 33.9 Å². The van der Waals surface area contributed by atoms with Crippen LogP contribution in [0, 0.1) is 12.3 Å². The zero-order chi connectivity index (χ0) is 27.8. The fourth-order valence-corrected chi connectivity index (χ4v) is 5.43. The van der Waals surface area contributed by atoms with E-state index in [1.54, 1.807) is 24.1 Å². The zero-order valence-electron chi connectivity index (χ0n) is 23.0. The predicted octanol–water partition coefficient (Wildman–Crippen LogP) is 5.94. The molecule has 0 spiro atoms. The Morgan fingerprint density at radius 3 is 2.59 bits per heavy atom. The quantitative estimate of drug-likeness (QED) is 0.315. The molecule has 39 heavy (non-hydrogen) atoms. The van der Waals surface area contributed by atoms with E-state index in [1.165, 1.54) is 0 Å². The molecule has 1 heterocycles. The highest BCUT2D eigenvalue weighted by Gasteiger charge is 2.40. The van der Waals surface area contributed by atoms with Crippen LogP contribution in [0.2, 0.25) is 5.02 Å². The summed E-state index contributed by atoms with van der Waals surface area (Å²) in [5.74, 6) is 1.41. The lowest BCUT2D eigenvalue weighted by atomic mass is 9.77. The van der Waals surface area contributed by atoms with Crippen LogP contribution >= 0.6 is 11.6 Å². The maximum Gasteiger partial charge on any atom is 0.227 e. The Balaban J connectivity index is 1.52. The minimum Gasteiger partial charge on any atom is -0.496 e. The second-order valence-electron chi connectivity index (χ2n) is 10.6. The number of hydrogen-bond donors (Lipinski definition) is 0. The summed E-state index contributed by atoms with van der Waals surface area (Å²) in [4.78, 5) is 30.7. The van der Waals surface area contributed by atoms with Crippen LogP contribution in [0.4, 0.5) is 0 Å². The van der Waals surface area contributed by atoms with E-state index in [1.807, 2.05) is 79.5 Å². The first kappa shape index (κ1) is 28.5. The van der Waals surface area contributed by atoms with Crippen LogP contribution in [-0.4, -0.2) is 55.5 Å². The molecule has 1 saturated heterocycles. The molecule has 0 N–H and O–H groups in total. The molecule has 0 radical (unpaired) electrons. The maximum absolute atomic E-state index is 13.5. The number of likely N-dealkylation sites (tertiary alicyclic amines) is 1. The Bertz CT molecular complexity index is 1280. The van der Waals surface area contributed by atoms with Gasteiger partial charge < -0.3 is 19.3 Å². The lowest BCUT2D eigenvalue weighted by molar-refractivity contribution is -0.140. The molecule has 6 nitrogen and oxygen atoms in total. The van der Waals surface area contributed by atoms with E-state index in [-0.39, 0.29) is 24.7 Å². The predicted molar refractivity (Wildman–Crippen MR) is 154 cm³/mol. The monoisotopic (exact) mass is 548 g/mol. The summed E-state index contributed by atoms with van der Waals surface area (Å²) < 4.78 is 11.7. The van der Waals surface area contributed by atoms with Gasteiger partial charge in [-0.2, -0.15) is 0 Å². The first-order valence-corrected chi connectivity index (χ1v) is 13.7. The topological polar surface area (TPSA) is 59.1 Å². The van der Waals surface area contributed by atoms with Gasteiger partial charge in [0.25, 0.3) is 0 Å². The fourth-order valence-electron chi connectivity index (χ4n) is 5.25. The number of hydrogen-bond acceptors (Lipinski definition) is 4. The number of rotatable bonds is 10. The van der Waals surface area contributed by atoms with Crippen molar-refractivity contribution in [3.05, 3.63) is 94.5 Å². The summed E-state index contributed by atoms with van der Waals surface area (Å²) >= 11 is 6.18. The number of aryl methyl sites for hydroxylation is 1. The van der Waals surface area contributed by atoms with Gasteiger partial charge in [0.15, 0.2) is 0 Å². The third-order valence-corrected chi connectivity index (χ3v) is 7.58. The molecule has 3 aromatic carbocycles. The molecule has 3 aromatic rings. The van der Waals surface area contributed by atoms with Gasteiger partial charge >= 0.3 is 0 Å². The van der Waals surface area contributed by atoms with Crippen molar-refractivity contribution in [1.82, 2.24) is 9.80 Å². The molecular formula is C32H37ClN2O4. The molecule has 1 fully saturated rings. The Kier molecular flexibility index (Phi) is 9.52. The van der Waals surface area contributed by atoms with E-state index in [0.717, 1.165) is 29.5 Å². The number of amides is 2. The van der Waals surface area contributed by atoms with Crippen LogP contribution in [0.1, 0.15) is 36.0 Å². The van der Waals surface area contributed by atoms with E-state index >= 15 is 0 Å². The molecule has 1 aliphatic heterocycles. The average Bonchev–Trinajstić information content (AvgIpc) is 2.93. The number of carbonyl (C=O) groups is 2. The molecule has 4 rings (SSSR count). The number of benzene rings is 3. The number of carbonyl (C=O) groups excluding carboxylic acids is 2. The van der Waals surface area contributed by atoms with Gasteiger partial charge in [-0.25, -0.2) is 0 Å². The van der Waals surface area contributed by atoms with Crippen LogP contribution in [0.5, 0.6) is 11.5 Å². The van der Waals surface area contributed by atoms with Crippen LogP contribution in [0.15, 0.2) is 72.8 Å². The lowest BCUT2D eigenvalue weighted by Gasteiger charge is -2.43. The minimum absolute atomic E-state index is 0.0239. The van der Waals surface area contributed by atoms with Crippen molar-refractivity contribution in [3.63, 3.8) is 0 Å². The summed E-state index contributed by atoms with van der Waals surface area (Å²) in [5.41, 5.74) is 2.50. The van der Waals surface area contributed by atoms with E-state index in [2.05, 4.69) is 0 Å². The van der Waals surface area contributed by atoms with Gasteiger partial charge in [0, 0.05) is 49.1 Å². The molecule has 206 valence electrons. The molecule has 0 unspecified atom stereocenters. The van der Waals surface area contributed by atoms with Gasteiger partial charge in [-0.05, 0) is 49.6 Å². The van der Waals surface area contributed by atoms with Crippen LogP contribution < -0.4 is 9.47 Å². The Morgan fingerprint density at radius 1 is 1.05 bits per heavy atom. The normalized spacial score (nSPS) is 17.0. The standard InChI is InChI=1S/C32H37ClN2O4/c1-24-13-14-29(38-3)26(17-24)18-30(36)35-16-8-15-32(22-35,23-39-28-12-7-11-27(33)19-28)20-31(37)34(2)21-25-9-5-4-6-10-25/h4-7,9-14,17,19H,8,15-16,18,20-23H2,1-3H3/t32-/m1/s1. The smallest absolute Gasteiger partial charge is 0.227 e. The van der Waals surface area contributed by atoms with Crippen molar-refractivity contribution < 1.29 is 19.1 Å². The van der Waals surface area contributed by atoms with Gasteiger partial charge in [0.2, 0.25) is 11.8 Å². The molecule has 1 aliphatic rings. The van der Waals surface area contributed by atoms with Crippen molar-refractivity contribution in [2.45, 2.75) is 39.2 Å². The van der Waals surface area contributed by atoms with Crippen molar-refractivity contribution in [1.29, 1.82) is 0 Å². The second kappa shape index (κ2) is 13.0. The first-order chi connectivity index (χ1) is 18.8. The second-order valence-corrected chi connectivity index (χ2v) is 11.0. The number of ether oxygens (including phenoxy) is 2. The van der Waals surface area contributed by atoms with Gasteiger partial charge in [0.05, 0.1) is 20.1 Å². The Hall–Kier alpha value is -3.51. The van der Waals surface area contributed by atoms with Crippen molar-refractivity contribution >= 4 is 23.4 Å². The van der Waals surface area contributed by atoms with Crippen LogP contribution in [0.3, 0.4) is 0 Å². The molecule has 0 saturated carbocycles. The number of halogens is 1. The van der Waals surface area contributed by atoms with E-state index in [0.29, 0.717) is 42.8 Å². The summed E-state index contributed by atoms with van der Waals surface area (Å²) in [5, 5.41) is 0.591. The molecule has 1 atom stereocenters. The Labute approximate surface area is 236 Å². The molecule has 0 aromatic heterocycles. The summed E-state index contributed by atoms with van der Waals surface area (Å²) in [6.45, 7) is 3.95. The van der Waals surface area contributed by atoms with Crippen LogP contribution in [-0.2, 0) is 22.6 Å². The van der Waals surface area contributed by atoms with Gasteiger partial charge in [-0.15, -0.1) is 0 Å². The molecule has 0 aliphatic carbocycles. The maximum atomic E-state index is 13.5. The van der Waals surface area contributed by atoms with Gasteiger partial charge in [-0.1, -0.05) is 65.7 Å². The average molecular weight is 549 g/mol. The number of nitrogens with zero attached hydrogens (tertiary/aromatic N) is 2. The van der Waals surface area contributed by atoms with E-state index in [9.17, 15) is 9.59 Å². The van der Waals surface area contributed by atoms with Gasteiger partial charge in [0.1, 0.15) is 11.5 Å². The zero-order valence-corrected chi connectivity index (χ0v) is 23.7. The summed E-state index contributed by atoms with van der Waals surface area (Å²) in [6, 6.07) is 23.1. The van der Waals surface area contributed by atoms with Crippen molar-refractivity contribution in [2.24, 2.45) is 5.41 Å². The largest absolute Gasteiger partial charge is 0.496 e. The molecule has 0 bridgehead atoms. The SMILES string of the molecule is COc1ccc(C)cc1CC(=O)N1CCC[C@@](COc2cccc(Cl)c2)(CC(=O)N(C)Cc2ccccc2)C1. The number of methoxy groups -OCH3 is 1.